The van der Waals surface area contributed by atoms with Gasteiger partial charge in [0, 0.05) is 17.9 Å². The van der Waals surface area contributed by atoms with Gasteiger partial charge in [-0.05, 0) is 20.9 Å². The normalized spacial score (nSPS) is 12.8. The van der Waals surface area contributed by atoms with Crippen molar-refractivity contribution in [3.8, 4) is 11.5 Å². The monoisotopic (exact) mass is 341 g/mol. The third-order valence-electron chi connectivity index (χ3n) is 3.47. The van der Waals surface area contributed by atoms with Gasteiger partial charge in [0.2, 0.25) is 0 Å². The molecule has 0 bridgehead atoms. The number of likely N-dealkylation sites (N-methyl/N-ethyl adjacent to an activating group) is 1. The second-order valence-electron chi connectivity index (χ2n) is 6.53. The minimum absolute atomic E-state index is 0. The Balaban J connectivity index is 0.00000264. The molecule has 0 aliphatic carbocycles. The second-order valence-corrected chi connectivity index (χ2v) is 6.53. The number of aromatic nitrogens is 4. The van der Waals surface area contributed by atoms with Crippen molar-refractivity contribution in [1.29, 1.82) is 0 Å². The maximum absolute atomic E-state index is 12.4. The predicted octanol–water partition coefficient (Wildman–Crippen LogP) is 2.00. The van der Waals surface area contributed by atoms with Crippen molar-refractivity contribution in [2.24, 2.45) is 0 Å². The molecule has 0 radical (unpaired) electrons. The largest absolute Gasteiger partial charge is 0.334 e. The number of nitrogens with zero attached hydrogens (tertiary/aromatic N) is 3. The highest BCUT2D eigenvalue weighted by Gasteiger charge is 2.22. The van der Waals surface area contributed by atoms with Crippen LogP contribution < -0.4 is 10.9 Å². The van der Waals surface area contributed by atoms with Gasteiger partial charge in [0.25, 0.3) is 11.4 Å². The number of hydrogen-bond donors (Lipinski definition) is 2. The summed E-state index contributed by atoms with van der Waals surface area (Å²) in [5.41, 5.74) is 0.439. The molecule has 0 saturated carbocycles. The van der Waals surface area contributed by atoms with E-state index in [1.807, 2.05) is 34.7 Å². The summed E-state index contributed by atoms with van der Waals surface area (Å²) in [4.78, 5) is 23.9. The van der Waals surface area contributed by atoms with Crippen LogP contribution in [0.5, 0.6) is 0 Å². The number of aryl methyl sites for hydroxylation is 1. The van der Waals surface area contributed by atoms with Crippen molar-refractivity contribution in [2.45, 2.75) is 52.5 Å². The third-order valence-corrected chi connectivity index (χ3v) is 3.47. The number of rotatable bonds is 4. The Kier molecular flexibility index (Phi) is 6.07. The van der Waals surface area contributed by atoms with E-state index in [1.54, 1.807) is 6.92 Å². The molecule has 2 aromatic rings. The van der Waals surface area contributed by atoms with Gasteiger partial charge in [-0.3, -0.25) is 4.79 Å². The first-order chi connectivity index (χ1) is 10.2. The highest BCUT2D eigenvalue weighted by atomic mass is 35.5. The van der Waals surface area contributed by atoms with Gasteiger partial charge in [0.15, 0.2) is 5.82 Å². The molecule has 0 saturated heterocycles. The molecule has 2 heterocycles. The molecule has 0 fully saturated rings. The van der Waals surface area contributed by atoms with Crippen LogP contribution in [0.3, 0.4) is 0 Å². The molecule has 1 unspecified atom stereocenters. The summed E-state index contributed by atoms with van der Waals surface area (Å²) in [7, 11) is 1.87. The zero-order valence-electron chi connectivity index (χ0n) is 14.4. The van der Waals surface area contributed by atoms with Crippen LogP contribution >= 0.6 is 12.4 Å². The molecule has 8 heteroatoms. The minimum Gasteiger partial charge on any atom is -0.334 e. The van der Waals surface area contributed by atoms with Crippen LogP contribution in [0.4, 0.5) is 0 Å². The molecule has 2 rings (SSSR count). The standard InChI is InChI=1S/C15H23N5O2.ClH/c1-8(16-6)7-10-18-13(22-20-10)11-9(2)17-14(15(3,4)5)19-12(11)21;/h8,16H,7H2,1-6H3,(H,17,19,21);1H. The lowest BCUT2D eigenvalue weighted by Gasteiger charge is -2.17. The van der Waals surface area contributed by atoms with Gasteiger partial charge in [-0.25, -0.2) is 4.98 Å². The predicted molar refractivity (Wildman–Crippen MR) is 91.1 cm³/mol. The first-order valence-corrected chi connectivity index (χ1v) is 7.34. The van der Waals surface area contributed by atoms with Crippen LogP contribution in [0.1, 0.15) is 45.0 Å². The van der Waals surface area contributed by atoms with E-state index in [2.05, 4.69) is 25.4 Å². The summed E-state index contributed by atoms with van der Waals surface area (Å²) < 4.78 is 5.23. The van der Waals surface area contributed by atoms with Crippen molar-refractivity contribution < 1.29 is 4.52 Å². The Labute approximate surface area is 141 Å². The van der Waals surface area contributed by atoms with Gasteiger partial charge in [0.1, 0.15) is 11.4 Å². The van der Waals surface area contributed by atoms with Crippen LogP contribution in [0, 0.1) is 6.92 Å². The van der Waals surface area contributed by atoms with Gasteiger partial charge in [0.05, 0.1) is 5.69 Å². The quantitative estimate of drug-likeness (QED) is 0.882. The Morgan fingerprint density at radius 1 is 1.30 bits per heavy atom. The maximum atomic E-state index is 12.4. The third kappa shape index (κ3) is 4.39. The summed E-state index contributed by atoms with van der Waals surface area (Å²) in [6.07, 6.45) is 0.629. The summed E-state index contributed by atoms with van der Waals surface area (Å²) in [6.45, 7) is 9.78. The molecule has 0 aromatic carbocycles. The second kappa shape index (κ2) is 7.23. The summed E-state index contributed by atoms with van der Waals surface area (Å²) in [6, 6.07) is 0.228. The zero-order valence-corrected chi connectivity index (χ0v) is 15.2. The van der Waals surface area contributed by atoms with E-state index in [0.29, 0.717) is 29.3 Å². The number of halogens is 1. The van der Waals surface area contributed by atoms with Gasteiger partial charge >= 0.3 is 0 Å². The number of nitrogens with one attached hydrogen (secondary N) is 2. The number of aromatic amines is 1. The molecule has 0 amide bonds. The van der Waals surface area contributed by atoms with Crippen molar-refractivity contribution in [3.05, 3.63) is 27.7 Å². The van der Waals surface area contributed by atoms with Crippen molar-refractivity contribution in [3.63, 3.8) is 0 Å². The zero-order chi connectivity index (χ0) is 16.5. The van der Waals surface area contributed by atoms with Gasteiger partial charge in [-0.1, -0.05) is 25.9 Å². The molecule has 2 N–H and O–H groups in total. The molecular formula is C15H24ClN5O2. The van der Waals surface area contributed by atoms with E-state index in [1.165, 1.54) is 0 Å². The van der Waals surface area contributed by atoms with Gasteiger partial charge < -0.3 is 14.8 Å². The van der Waals surface area contributed by atoms with Crippen molar-refractivity contribution in [1.82, 2.24) is 25.4 Å². The number of hydrogen-bond acceptors (Lipinski definition) is 6. The smallest absolute Gasteiger partial charge is 0.265 e. The van der Waals surface area contributed by atoms with E-state index in [-0.39, 0.29) is 35.3 Å². The molecule has 23 heavy (non-hydrogen) atoms. The lowest BCUT2D eigenvalue weighted by Crippen LogP contribution is -2.24. The fraction of sp³-hybridized carbons (Fsp3) is 0.600. The average Bonchev–Trinajstić information content (AvgIpc) is 2.84. The molecule has 1 atom stereocenters. The van der Waals surface area contributed by atoms with E-state index >= 15 is 0 Å². The molecule has 7 nitrogen and oxygen atoms in total. The first-order valence-electron chi connectivity index (χ1n) is 7.34. The molecular weight excluding hydrogens is 318 g/mol. The Morgan fingerprint density at radius 3 is 2.48 bits per heavy atom. The van der Waals surface area contributed by atoms with Crippen molar-refractivity contribution >= 4 is 12.4 Å². The number of H-pyrrole nitrogens is 1. The molecule has 0 spiro atoms. The first kappa shape index (κ1) is 19.3. The van der Waals surface area contributed by atoms with E-state index < -0.39 is 0 Å². The Morgan fingerprint density at radius 2 is 1.96 bits per heavy atom. The lowest BCUT2D eigenvalue weighted by molar-refractivity contribution is 0.417. The van der Waals surface area contributed by atoms with Gasteiger partial charge in [-0.15, -0.1) is 12.4 Å². The minimum atomic E-state index is -0.255. The van der Waals surface area contributed by atoms with Crippen LogP contribution in [-0.4, -0.2) is 33.2 Å². The Bertz CT molecular complexity index is 717. The molecule has 0 aliphatic rings. The molecule has 128 valence electrons. The van der Waals surface area contributed by atoms with E-state index in [4.69, 9.17) is 4.52 Å². The lowest BCUT2D eigenvalue weighted by atomic mass is 9.95. The van der Waals surface area contributed by atoms with Crippen LogP contribution in [0.25, 0.3) is 11.5 Å². The van der Waals surface area contributed by atoms with E-state index in [0.717, 1.165) is 0 Å². The summed E-state index contributed by atoms with van der Waals surface area (Å²) in [5.74, 6) is 1.42. The summed E-state index contributed by atoms with van der Waals surface area (Å²) in [5, 5.41) is 7.03. The van der Waals surface area contributed by atoms with Gasteiger partial charge in [-0.2, -0.15) is 4.98 Å². The average molecular weight is 342 g/mol. The van der Waals surface area contributed by atoms with Crippen LogP contribution in [-0.2, 0) is 11.8 Å². The summed E-state index contributed by atoms with van der Waals surface area (Å²) >= 11 is 0. The van der Waals surface area contributed by atoms with E-state index in [9.17, 15) is 4.79 Å². The molecule has 2 aromatic heterocycles. The fourth-order valence-electron chi connectivity index (χ4n) is 2.01. The fourth-order valence-corrected chi connectivity index (χ4v) is 2.01. The van der Waals surface area contributed by atoms with Crippen molar-refractivity contribution in [2.75, 3.05) is 7.05 Å². The highest BCUT2D eigenvalue weighted by Crippen LogP contribution is 2.21. The maximum Gasteiger partial charge on any atom is 0.265 e. The van der Waals surface area contributed by atoms with Crippen LogP contribution in [0.15, 0.2) is 9.32 Å². The Hall–Kier alpha value is -1.73. The topological polar surface area (TPSA) is 96.7 Å². The SMILES string of the molecule is CNC(C)Cc1noc(-c2c(C)nc(C(C)(C)C)[nH]c2=O)n1.Cl. The van der Waals surface area contributed by atoms with Crippen LogP contribution in [0.2, 0.25) is 0 Å². The molecule has 0 aliphatic heterocycles. The highest BCUT2D eigenvalue weighted by molar-refractivity contribution is 5.85.